The summed E-state index contributed by atoms with van der Waals surface area (Å²) < 4.78 is 0. The molecule has 1 aliphatic heterocycles. The number of piperidine rings is 1. The van der Waals surface area contributed by atoms with Crippen molar-refractivity contribution in [1.82, 2.24) is 4.90 Å². The van der Waals surface area contributed by atoms with Gasteiger partial charge in [-0.1, -0.05) is 23.7 Å². The molecular formula is C13H16ClNO3. The summed E-state index contributed by atoms with van der Waals surface area (Å²) in [6.07, 6.45) is -0.129. The van der Waals surface area contributed by atoms with E-state index in [4.69, 9.17) is 16.7 Å². The summed E-state index contributed by atoms with van der Waals surface area (Å²) in [5, 5.41) is 20.1. The maximum atomic E-state index is 10.8. The van der Waals surface area contributed by atoms with Gasteiger partial charge in [0.1, 0.15) is 0 Å². The zero-order valence-electron chi connectivity index (χ0n) is 10.2. The zero-order valence-corrected chi connectivity index (χ0v) is 10.9. The fourth-order valence-electron chi connectivity index (χ4n) is 2.24. The minimum atomic E-state index is -0.969. The van der Waals surface area contributed by atoms with Crippen molar-refractivity contribution in [1.29, 1.82) is 0 Å². The van der Waals surface area contributed by atoms with E-state index < -0.39 is 11.7 Å². The predicted molar refractivity (Wildman–Crippen MR) is 68.9 cm³/mol. The average Bonchev–Trinajstić information content (AvgIpc) is 2.33. The van der Waals surface area contributed by atoms with E-state index in [0.717, 1.165) is 11.1 Å². The van der Waals surface area contributed by atoms with E-state index in [0.29, 0.717) is 31.0 Å². The number of halogens is 1. The number of benzene rings is 1. The number of amides is 1. The minimum absolute atomic E-state index is 0.345. The molecule has 1 saturated heterocycles. The molecule has 0 spiro atoms. The topological polar surface area (TPSA) is 60.8 Å². The van der Waals surface area contributed by atoms with Gasteiger partial charge in [-0.15, -0.1) is 0 Å². The first kappa shape index (κ1) is 13.2. The predicted octanol–water partition coefficient (Wildman–Crippen LogP) is 2.61. The van der Waals surface area contributed by atoms with Crippen LogP contribution in [-0.2, 0) is 5.60 Å². The van der Waals surface area contributed by atoms with Crippen LogP contribution in [0.15, 0.2) is 18.2 Å². The van der Waals surface area contributed by atoms with Gasteiger partial charge in [-0.25, -0.2) is 4.79 Å². The number of rotatable bonds is 1. The molecule has 1 fully saturated rings. The second kappa shape index (κ2) is 4.78. The normalized spacial score (nSPS) is 18.7. The first-order chi connectivity index (χ1) is 8.42. The summed E-state index contributed by atoms with van der Waals surface area (Å²) in [6.45, 7) is 2.60. The Hall–Kier alpha value is -1.26. The van der Waals surface area contributed by atoms with E-state index >= 15 is 0 Å². The monoisotopic (exact) mass is 269 g/mol. The van der Waals surface area contributed by atoms with Crippen LogP contribution in [0.25, 0.3) is 0 Å². The molecule has 1 heterocycles. The van der Waals surface area contributed by atoms with Crippen LogP contribution in [-0.4, -0.2) is 34.3 Å². The Kier molecular flexibility index (Phi) is 3.50. The molecule has 0 unspecified atom stereocenters. The van der Waals surface area contributed by atoms with Gasteiger partial charge in [0, 0.05) is 18.1 Å². The van der Waals surface area contributed by atoms with Crippen molar-refractivity contribution in [3.63, 3.8) is 0 Å². The molecule has 0 radical (unpaired) electrons. The first-order valence-electron chi connectivity index (χ1n) is 5.89. The molecule has 0 bridgehead atoms. The van der Waals surface area contributed by atoms with Gasteiger partial charge in [0.25, 0.3) is 0 Å². The van der Waals surface area contributed by atoms with E-state index in [9.17, 15) is 9.90 Å². The number of hydrogen-bond donors (Lipinski definition) is 2. The number of hydrogen-bond acceptors (Lipinski definition) is 2. The molecule has 0 aliphatic carbocycles. The number of aliphatic hydroxyl groups is 1. The maximum Gasteiger partial charge on any atom is 0.407 e. The fourth-order valence-corrected chi connectivity index (χ4v) is 2.42. The second-order valence-electron chi connectivity index (χ2n) is 4.77. The van der Waals surface area contributed by atoms with Crippen LogP contribution in [0.2, 0.25) is 5.02 Å². The van der Waals surface area contributed by atoms with Gasteiger partial charge >= 0.3 is 6.09 Å². The molecular weight excluding hydrogens is 254 g/mol. The summed E-state index contributed by atoms with van der Waals surface area (Å²) in [4.78, 5) is 12.1. The van der Waals surface area contributed by atoms with Crippen LogP contribution in [0.1, 0.15) is 24.0 Å². The van der Waals surface area contributed by atoms with Crippen LogP contribution in [0.4, 0.5) is 4.79 Å². The smallest absolute Gasteiger partial charge is 0.407 e. The molecule has 5 heteroatoms. The largest absolute Gasteiger partial charge is 0.465 e. The van der Waals surface area contributed by atoms with E-state index in [1.807, 2.05) is 19.1 Å². The Balaban J connectivity index is 2.18. The highest BCUT2D eigenvalue weighted by atomic mass is 35.5. The maximum absolute atomic E-state index is 10.8. The van der Waals surface area contributed by atoms with E-state index in [2.05, 4.69) is 0 Å². The summed E-state index contributed by atoms with van der Waals surface area (Å²) in [7, 11) is 0. The number of carboxylic acid groups (broad SMARTS) is 1. The van der Waals surface area contributed by atoms with Crippen molar-refractivity contribution in [3.8, 4) is 0 Å². The van der Waals surface area contributed by atoms with Crippen molar-refractivity contribution in [2.45, 2.75) is 25.4 Å². The van der Waals surface area contributed by atoms with Gasteiger partial charge in [0.2, 0.25) is 0 Å². The standard InChI is InChI=1S/C13H16ClNO3/c1-9-2-3-10(8-11(9)14)13(18)4-6-15(7-5-13)12(16)17/h2-3,8,18H,4-7H2,1H3,(H,16,17). The molecule has 1 aliphatic rings. The molecule has 2 N–H and O–H groups in total. The SMILES string of the molecule is Cc1ccc(C2(O)CCN(C(=O)O)CC2)cc1Cl. The van der Waals surface area contributed by atoms with Crippen LogP contribution in [0.3, 0.4) is 0 Å². The van der Waals surface area contributed by atoms with Crippen LogP contribution >= 0.6 is 11.6 Å². The number of nitrogens with zero attached hydrogens (tertiary/aromatic N) is 1. The quantitative estimate of drug-likeness (QED) is 0.824. The van der Waals surface area contributed by atoms with Gasteiger partial charge in [0.15, 0.2) is 0 Å². The first-order valence-corrected chi connectivity index (χ1v) is 6.27. The van der Waals surface area contributed by atoms with E-state index in [1.165, 1.54) is 4.90 Å². The molecule has 1 aromatic carbocycles. The van der Waals surface area contributed by atoms with Crippen molar-refractivity contribution < 1.29 is 15.0 Å². The lowest BCUT2D eigenvalue weighted by molar-refractivity contribution is -0.0213. The zero-order chi connectivity index (χ0) is 13.3. The molecule has 98 valence electrons. The summed E-state index contributed by atoms with van der Waals surface area (Å²) >= 11 is 6.06. The number of carbonyl (C=O) groups is 1. The van der Waals surface area contributed by atoms with Gasteiger partial charge in [-0.05, 0) is 37.0 Å². The summed E-state index contributed by atoms with van der Waals surface area (Å²) in [5.41, 5.74) is 0.763. The van der Waals surface area contributed by atoms with Gasteiger partial charge in [0.05, 0.1) is 5.60 Å². The van der Waals surface area contributed by atoms with Crippen molar-refractivity contribution in [2.75, 3.05) is 13.1 Å². The summed E-state index contributed by atoms with van der Waals surface area (Å²) in [6, 6.07) is 5.50. The van der Waals surface area contributed by atoms with Crippen LogP contribution in [0.5, 0.6) is 0 Å². The lowest BCUT2D eigenvalue weighted by atomic mass is 9.84. The molecule has 0 aromatic heterocycles. The second-order valence-corrected chi connectivity index (χ2v) is 5.17. The van der Waals surface area contributed by atoms with Crippen molar-refractivity contribution >= 4 is 17.7 Å². The Morgan fingerprint density at radius 2 is 2.00 bits per heavy atom. The molecule has 1 aromatic rings. The van der Waals surface area contributed by atoms with Crippen LogP contribution in [0, 0.1) is 6.92 Å². The van der Waals surface area contributed by atoms with Crippen molar-refractivity contribution in [3.05, 3.63) is 34.3 Å². The third kappa shape index (κ3) is 2.44. The highest BCUT2D eigenvalue weighted by Crippen LogP contribution is 2.34. The van der Waals surface area contributed by atoms with Gasteiger partial charge in [-0.3, -0.25) is 0 Å². The Bertz CT molecular complexity index is 467. The average molecular weight is 270 g/mol. The van der Waals surface area contributed by atoms with Gasteiger partial charge in [-0.2, -0.15) is 0 Å². The summed E-state index contributed by atoms with van der Waals surface area (Å²) in [5.74, 6) is 0. The van der Waals surface area contributed by atoms with E-state index in [-0.39, 0.29) is 0 Å². The lowest BCUT2D eigenvalue weighted by Crippen LogP contribution is -2.44. The third-order valence-electron chi connectivity index (χ3n) is 3.57. The minimum Gasteiger partial charge on any atom is -0.465 e. The Morgan fingerprint density at radius 3 is 2.50 bits per heavy atom. The Labute approximate surface area is 111 Å². The molecule has 18 heavy (non-hydrogen) atoms. The molecule has 4 nitrogen and oxygen atoms in total. The van der Waals surface area contributed by atoms with Crippen LogP contribution < -0.4 is 0 Å². The molecule has 1 amide bonds. The van der Waals surface area contributed by atoms with E-state index in [1.54, 1.807) is 6.07 Å². The lowest BCUT2D eigenvalue weighted by Gasteiger charge is -2.37. The molecule has 0 saturated carbocycles. The van der Waals surface area contributed by atoms with Crippen molar-refractivity contribution in [2.24, 2.45) is 0 Å². The number of aryl methyl sites for hydroxylation is 1. The molecule has 0 atom stereocenters. The third-order valence-corrected chi connectivity index (χ3v) is 3.98. The highest BCUT2D eigenvalue weighted by molar-refractivity contribution is 6.31. The highest BCUT2D eigenvalue weighted by Gasteiger charge is 2.35. The number of likely N-dealkylation sites (tertiary alicyclic amines) is 1. The Morgan fingerprint density at radius 1 is 1.39 bits per heavy atom. The fraction of sp³-hybridized carbons (Fsp3) is 0.462. The van der Waals surface area contributed by atoms with Gasteiger partial charge < -0.3 is 15.1 Å². The molecule has 2 rings (SSSR count).